The zero-order chi connectivity index (χ0) is 13.4. The van der Waals surface area contributed by atoms with Crippen molar-refractivity contribution >= 4 is 10.8 Å². The van der Waals surface area contributed by atoms with E-state index in [1.54, 1.807) is 13.2 Å². The molecule has 18 heavy (non-hydrogen) atoms. The molecule has 1 aromatic carbocycles. The lowest BCUT2D eigenvalue weighted by Gasteiger charge is -2.07. The molecular formula is C13H18N2O2S. The van der Waals surface area contributed by atoms with E-state index >= 15 is 0 Å². The monoisotopic (exact) mass is 266 g/mol. The van der Waals surface area contributed by atoms with Gasteiger partial charge in [-0.25, -0.2) is 0 Å². The zero-order valence-corrected chi connectivity index (χ0v) is 11.5. The first-order valence-electron chi connectivity index (χ1n) is 5.84. The molecule has 1 unspecified atom stereocenters. The van der Waals surface area contributed by atoms with E-state index in [0.717, 1.165) is 12.1 Å². The predicted octanol–water partition coefficient (Wildman–Crippen LogP) is 1.43. The van der Waals surface area contributed by atoms with E-state index in [9.17, 15) is 4.21 Å². The molecule has 4 nitrogen and oxygen atoms in total. The number of nitriles is 1. The number of ether oxygens (including phenoxy) is 1. The molecule has 0 aliphatic rings. The lowest BCUT2D eigenvalue weighted by atomic mass is 10.1. The van der Waals surface area contributed by atoms with Crippen LogP contribution in [0.2, 0.25) is 0 Å². The summed E-state index contributed by atoms with van der Waals surface area (Å²) in [5.41, 5.74) is 1.58. The third-order valence-electron chi connectivity index (χ3n) is 2.54. The Morgan fingerprint density at radius 2 is 2.28 bits per heavy atom. The maximum atomic E-state index is 11.2. The Bertz CT molecular complexity index is 455. The first-order chi connectivity index (χ1) is 8.71. The van der Waals surface area contributed by atoms with E-state index in [1.165, 1.54) is 0 Å². The molecule has 1 aromatic rings. The van der Waals surface area contributed by atoms with Crippen LogP contribution < -0.4 is 10.1 Å². The summed E-state index contributed by atoms with van der Waals surface area (Å²) in [6.07, 6.45) is 0. The highest BCUT2D eigenvalue weighted by molar-refractivity contribution is 7.84. The molecule has 0 aromatic heterocycles. The van der Waals surface area contributed by atoms with Crippen molar-refractivity contribution in [2.24, 2.45) is 0 Å². The molecule has 0 saturated heterocycles. The standard InChI is InChI=1S/C13H18N2O2S/c1-3-18(16)7-6-15-10-11-4-5-12(9-14)13(8-11)17-2/h4-5,8,15H,3,6-7,10H2,1-2H3. The van der Waals surface area contributed by atoms with E-state index in [2.05, 4.69) is 11.4 Å². The van der Waals surface area contributed by atoms with Crippen LogP contribution in [0.5, 0.6) is 5.75 Å². The second kappa shape index (κ2) is 7.85. The van der Waals surface area contributed by atoms with Crippen molar-refractivity contribution in [3.05, 3.63) is 29.3 Å². The van der Waals surface area contributed by atoms with Gasteiger partial charge in [-0.05, 0) is 17.7 Å². The summed E-state index contributed by atoms with van der Waals surface area (Å²) in [6.45, 7) is 3.33. The minimum absolute atomic E-state index is 0.535. The van der Waals surface area contributed by atoms with Gasteiger partial charge >= 0.3 is 0 Å². The first kappa shape index (κ1) is 14.7. The highest BCUT2D eigenvalue weighted by Gasteiger charge is 2.03. The predicted molar refractivity (Wildman–Crippen MR) is 73.0 cm³/mol. The lowest BCUT2D eigenvalue weighted by molar-refractivity contribution is 0.412. The molecule has 1 rings (SSSR count). The van der Waals surface area contributed by atoms with Gasteiger partial charge in [-0.1, -0.05) is 13.0 Å². The fourth-order valence-electron chi connectivity index (χ4n) is 1.50. The van der Waals surface area contributed by atoms with Crippen LogP contribution in [-0.4, -0.2) is 29.4 Å². The fourth-order valence-corrected chi connectivity index (χ4v) is 2.16. The van der Waals surface area contributed by atoms with Gasteiger partial charge in [0.25, 0.3) is 0 Å². The van der Waals surface area contributed by atoms with Crippen molar-refractivity contribution in [1.82, 2.24) is 5.32 Å². The van der Waals surface area contributed by atoms with Gasteiger partial charge in [-0.2, -0.15) is 5.26 Å². The Morgan fingerprint density at radius 3 is 2.89 bits per heavy atom. The number of methoxy groups -OCH3 is 1. The van der Waals surface area contributed by atoms with Gasteiger partial charge in [0.15, 0.2) is 0 Å². The van der Waals surface area contributed by atoms with E-state index in [0.29, 0.717) is 29.4 Å². The smallest absolute Gasteiger partial charge is 0.136 e. The molecule has 98 valence electrons. The molecule has 0 saturated carbocycles. The summed E-state index contributed by atoms with van der Waals surface area (Å²) < 4.78 is 16.4. The number of hydrogen-bond donors (Lipinski definition) is 1. The number of rotatable bonds is 7. The van der Waals surface area contributed by atoms with Crippen molar-refractivity contribution < 1.29 is 8.95 Å². The van der Waals surface area contributed by atoms with Gasteiger partial charge in [-0.15, -0.1) is 0 Å². The average Bonchev–Trinajstić information content (AvgIpc) is 2.42. The number of nitrogens with one attached hydrogen (secondary N) is 1. The van der Waals surface area contributed by atoms with Crippen molar-refractivity contribution in [3.8, 4) is 11.8 Å². The van der Waals surface area contributed by atoms with Crippen molar-refractivity contribution in [2.75, 3.05) is 25.2 Å². The topological polar surface area (TPSA) is 62.1 Å². The van der Waals surface area contributed by atoms with Gasteiger partial charge < -0.3 is 10.1 Å². The second-order valence-corrected chi connectivity index (χ2v) is 5.62. The first-order valence-corrected chi connectivity index (χ1v) is 7.32. The average molecular weight is 266 g/mol. The molecule has 0 spiro atoms. The molecule has 0 fully saturated rings. The largest absolute Gasteiger partial charge is 0.495 e. The zero-order valence-electron chi connectivity index (χ0n) is 10.7. The Kier molecular flexibility index (Phi) is 6.40. The van der Waals surface area contributed by atoms with Crippen LogP contribution in [0.3, 0.4) is 0 Å². The van der Waals surface area contributed by atoms with Gasteiger partial charge in [-0.3, -0.25) is 4.21 Å². The van der Waals surface area contributed by atoms with Crippen LogP contribution in [0.1, 0.15) is 18.1 Å². The normalized spacial score (nSPS) is 11.8. The summed E-state index contributed by atoms with van der Waals surface area (Å²) >= 11 is 0. The molecule has 0 bridgehead atoms. The highest BCUT2D eigenvalue weighted by atomic mass is 32.2. The van der Waals surface area contributed by atoms with Gasteiger partial charge in [0.1, 0.15) is 11.8 Å². The molecule has 0 amide bonds. The minimum Gasteiger partial charge on any atom is -0.495 e. The highest BCUT2D eigenvalue weighted by Crippen LogP contribution is 2.18. The Balaban J connectivity index is 2.48. The fraction of sp³-hybridized carbons (Fsp3) is 0.462. The quantitative estimate of drug-likeness (QED) is 0.758. The Hall–Kier alpha value is -1.38. The van der Waals surface area contributed by atoms with Crippen LogP contribution in [0.25, 0.3) is 0 Å². The van der Waals surface area contributed by atoms with Crippen LogP contribution in [0.15, 0.2) is 18.2 Å². The molecule has 0 aliphatic heterocycles. The third-order valence-corrected chi connectivity index (χ3v) is 3.85. The Labute approximate surface area is 110 Å². The van der Waals surface area contributed by atoms with Crippen molar-refractivity contribution in [3.63, 3.8) is 0 Å². The molecule has 5 heteroatoms. The molecule has 1 N–H and O–H groups in total. The van der Waals surface area contributed by atoms with E-state index < -0.39 is 10.8 Å². The van der Waals surface area contributed by atoms with Crippen LogP contribution in [0.4, 0.5) is 0 Å². The Morgan fingerprint density at radius 1 is 1.50 bits per heavy atom. The van der Waals surface area contributed by atoms with Crippen LogP contribution >= 0.6 is 0 Å². The SMILES string of the molecule is CCS(=O)CCNCc1ccc(C#N)c(OC)c1. The summed E-state index contributed by atoms with van der Waals surface area (Å²) in [4.78, 5) is 0. The number of hydrogen-bond acceptors (Lipinski definition) is 4. The van der Waals surface area contributed by atoms with Crippen molar-refractivity contribution in [1.29, 1.82) is 5.26 Å². The molecule has 1 atom stereocenters. The van der Waals surface area contributed by atoms with Crippen LogP contribution in [-0.2, 0) is 17.3 Å². The van der Waals surface area contributed by atoms with Gasteiger partial charge in [0, 0.05) is 35.4 Å². The van der Waals surface area contributed by atoms with Gasteiger partial charge in [0.05, 0.1) is 12.7 Å². The number of nitrogens with zero attached hydrogens (tertiary/aromatic N) is 1. The summed E-state index contributed by atoms with van der Waals surface area (Å²) in [6, 6.07) is 7.57. The number of benzene rings is 1. The second-order valence-electron chi connectivity index (χ2n) is 3.76. The molecular weight excluding hydrogens is 248 g/mol. The third kappa shape index (κ3) is 4.47. The molecule has 0 heterocycles. The summed E-state index contributed by atoms with van der Waals surface area (Å²) in [7, 11) is 0.827. The maximum absolute atomic E-state index is 11.2. The molecule has 0 aliphatic carbocycles. The lowest BCUT2D eigenvalue weighted by Crippen LogP contribution is -2.20. The summed E-state index contributed by atoms with van der Waals surface area (Å²) in [5, 5.41) is 12.1. The van der Waals surface area contributed by atoms with E-state index in [1.807, 2.05) is 19.1 Å². The van der Waals surface area contributed by atoms with Gasteiger partial charge in [0.2, 0.25) is 0 Å². The van der Waals surface area contributed by atoms with E-state index in [-0.39, 0.29) is 0 Å². The minimum atomic E-state index is -0.726. The van der Waals surface area contributed by atoms with Crippen molar-refractivity contribution in [2.45, 2.75) is 13.5 Å². The van der Waals surface area contributed by atoms with Crippen LogP contribution in [0, 0.1) is 11.3 Å². The summed E-state index contributed by atoms with van der Waals surface area (Å²) in [5.74, 6) is 1.96. The maximum Gasteiger partial charge on any atom is 0.136 e. The van der Waals surface area contributed by atoms with E-state index in [4.69, 9.17) is 10.00 Å². The molecule has 0 radical (unpaired) electrons.